The monoisotopic (exact) mass is 857 g/mol. The normalized spacial score (nSPS) is 19.6. The van der Waals surface area contributed by atoms with Crippen molar-refractivity contribution in [2.24, 2.45) is 17.6 Å². The molecule has 1 aromatic rings. The van der Waals surface area contributed by atoms with Crippen molar-refractivity contribution in [1.29, 1.82) is 0 Å². The summed E-state index contributed by atoms with van der Waals surface area (Å²) in [5.74, 6) is -0.844. The fourth-order valence-electron chi connectivity index (χ4n) is 7.65. The van der Waals surface area contributed by atoms with Crippen molar-refractivity contribution in [3.63, 3.8) is 0 Å². The maximum absolute atomic E-state index is 14.2. The molecule has 1 saturated heterocycles. The molecule has 0 spiro atoms. The highest BCUT2D eigenvalue weighted by atomic mass is 32.2. The quantitative estimate of drug-likeness (QED) is 0.0565. The number of ether oxygens (including phenoxy) is 2. The van der Waals surface area contributed by atoms with Crippen molar-refractivity contribution in [3.05, 3.63) is 35.9 Å². The van der Waals surface area contributed by atoms with Crippen molar-refractivity contribution < 1.29 is 43.0 Å². The first-order valence-corrected chi connectivity index (χ1v) is 22.4. The van der Waals surface area contributed by atoms with Crippen LogP contribution in [-0.4, -0.2) is 105 Å². The molecule has 2 aliphatic rings. The van der Waals surface area contributed by atoms with Crippen LogP contribution in [-0.2, 0) is 49.6 Å². The number of thioether (sulfide) groups is 1. The highest BCUT2D eigenvalue weighted by molar-refractivity contribution is 8.00. The molecule has 4 amide bonds. The highest BCUT2D eigenvalue weighted by Crippen LogP contribution is 2.33. The molecular weight excluding hydrogens is 787 g/mol. The third-order valence-electron chi connectivity index (χ3n) is 11.5. The second kappa shape index (κ2) is 22.4. The van der Waals surface area contributed by atoms with Crippen molar-refractivity contribution >= 4 is 52.9 Å². The first kappa shape index (κ1) is 50.7. The maximum Gasteiger partial charge on any atom is 0.306 e. The van der Waals surface area contributed by atoms with Crippen molar-refractivity contribution in [2.75, 3.05) is 25.4 Å². The number of likely N-dealkylation sites (tertiary alicyclic amines) is 1. The third-order valence-corrected chi connectivity index (χ3v) is 12.8. The summed E-state index contributed by atoms with van der Waals surface area (Å²) in [5, 5.41) is 9.33. The van der Waals surface area contributed by atoms with Gasteiger partial charge in [-0.25, -0.2) is 0 Å². The number of esters is 1. The van der Waals surface area contributed by atoms with Crippen LogP contribution in [0.25, 0.3) is 0 Å². The number of nitrogens with two attached hydrogens (primary N) is 1. The molecule has 3 rings (SSSR count). The number of primary amides is 1. The molecule has 2 unspecified atom stereocenters. The lowest BCUT2D eigenvalue weighted by atomic mass is 9.81. The minimum atomic E-state index is -1.07. The van der Waals surface area contributed by atoms with E-state index in [1.165, 1.54) is 23.6 Å². The Hall–Kier alpha value is -3.66. The standard InChI is InChI=1S/C45H71N5O9S/c1-30(51)44(6,7)48-34(21-22-38(54)58-28-32-14-11-10-12-15-32)39(55)45(8,9)49-42(2,3)29-59-43(4,5)23-24-47-40(56)33-19-17-31(18-20-33)27-50-37(53)26-35(41(50)57)60-25-13-16-36(46)52/h10-12,14-15,31,33-35,48-49H,13,16-29H2,1-9H3,(H2,46,52)(H,47,56). The van der Waals surface area contributed by atoms with E-state index >= 15 is 0 Å². The Morgan fingerprint density at radius 3 is 2.18 bits per heavy atom. The Labute approximate surface area is 361 Å². The number of carbonyl (C=O) groups is 7. The lowest BCUT2D eigenvalue weighted by Crippen LogP contribution is -2.64. The van der Waals surface area contributed by atoms with Crippen LogP contribution in [0, 0.1) is 11.8 Å². The van der Waals surface area contributed by atoms with Crippen LogP contribution in [0.3, 0.4) is 0 Å². The van der Waals surface area contributed by atoms with Crippen molar-refractivity contribution in [1.82, 2.24) is 20.9 Å². The van der Waals surface area contributed by atoms with Gasteiger partial charge in [-0.1, -0.05) is 30.3 Å². The molecule has 15 heteroatoms. The summed E-state index contributed by atoms with van der Waals surface area (Å²) < 4.78 is 11.8. The van der Waals surface area contributed by atoms with E-state index in [9.17, 15) is 33.6 Å². The van der Waals surface area contributed by atoms with E-state index in [4.69, 9.17) is 15.2 Å². The second-order valence-electron chi connectivity index (χ2n) is 18.8. The van der Waals surface area contributed by atoms with E-state index < -0.39 is 39.5 Å². The molecule has 1 aliphatic heterocycles. The van der Waals surface area contributed by atoms with Gasteiger partial charge >= 0.3 is 5.97 Å². The van der Waals surface area contributed by atoms with Gasteiger partial charge in [0.05, 0.1) is 34.6 Å². The fourth-order valence-corrected chi connectivity index (χ4v) is 8.77. The van der Waals surface area contributed by atoms with Crippen LogP contribution in [0.15, 0.2) is 30.3 Å². The second-order valence-corrected chi connectivity index (χ2v) is 20.2. The smallest absolute Gasteiger partial charge is 0.306 e. The van der Waals surface area contributed by atoms with Crippen LogP contribution in [0.4, 0.5) is 0 Å². The van der Waals surface area contributed by atoms with Crippen molar-refractivity contribution in [3.8, 4) is 0 Å². The van der Waals surface area contributed by atoms with Gasteiger partial charge in [0, 0.05) is 43.8 Å². The number of hydrogen-bond acceptors (Lipinski definition) is 12. The zero-order valence-corrected chi connectivity index (χ0v) is 38.2. The Kier molecular flexibility index (Phi) is 19.0. The van der Waals surface area contributed by atoms with Crippen molar-refractivity contribution in [2.45, 2.75) is 167 Å². The van der Waals surface area contributed by atoms with Gasteiger partial charge in [-0.15, -0.1) is 11.8 Å². The highest BCUT2D eigenvalue weighted by Gasteiger charge is 2.42. The number of nitrogens with one attached hydrogen (secondary N) is 3. The molecule has 1 saturated carbocycles. The van der Waals surface area contributed by atoms with Gasteiger partial charge in [0.15, 0.2) is 5.78 Å². The Morgan fingerprint density at radius 2 is 1.57 bits per heavy atom. The number of hydrogen-bond donors (Lipinski definition) is 4. The van der Waals surface area contributed by atoms with E-state index in [2.05, 4.69) is 16.0 Å². The molecule has 336 valence electrons. The Bertz CT molecular complexity index is 1660. The van der Waals surface area contributed by atoms with E-state index in [1.54, 1.807) is 27.7 Å². The summed E-state index contributed by atoms with van der Waals surface area (Å²) in [5.41, 5.74) is 2.72. The molecule has 0 radical (unpaired) electrons. The van der Waals surface area contributed by atoms with E-state index in [0.717, 1.165) is 18.4 Å². The summed E-state index contributed by atoms with van der Waals surface area (Å²) in [7, 11) is 0. The largest absolute Gasteiger partial charge is 0.461 e. The van der Waals surface area contributed by atoms with Crippen LogP contribution in [0.1, 0.15) is 132 Å². The Balaban J connectivity index is 1.44. The number of nitrogens with zero attached hydrogens (tertiary/aromatic N) is 1. The summed E-state index contributed by atoms with van der Waals surface area (Å²) >= 11 is 1.41. The molecule has 1 aliphatic carbocycles. The number of Topliss-reactive ketones (excluding diaryl/α,β-unsaturated/α-hetero) is 2. The average Bonchev–Trinajstić information content (AvgIpc) is 3.43. The summed E-state index contributed by atoms with van der Waals surface area (Å²) in [6, 6.07) is 8.54. The predicted molar refractivity (Wildman–Crippen MR) is 233 cm³/mol. The van der Waals surface area contributed by atoms with E-state index in [1.807, 2.05) is 58.0 Å². The number of benzene rings is 1. The molecule has 0 bridgehead atoms. The minimum absolute atomic E-state index is 0.00664. The molecule has 2 fully saturated rings. The molecular formula is C45H71N5O9S. The molecule has 14 nitrogen and oxygen atoms in total. The zero-order chi connectivity index (χ0) is 44.9. The summed E-state index contributed by atoms with van der Waals surface area (Å²) in [4.78, 5) is 90.4. The van der Waals surface area contributed by atoms with E-state index in [-0.39, 0.29) is 85.9 Å². The Morgan fingerprint density at radius 1 is 0.917 bits per heavy atom. The minimum Gasteiger partial charge on any atom is -0.461 e. The molecule has 60 heavy (non-hydrogen) atoms. The zero-order valence-electron chi connectivity index (χ0n) is 37.4. The van der Waals surface area contributed by atoms with Gasteiger partial charge in [-0.3, -0.25) is 49.1 Å². The number of amides is 4. The van der Waals surface area contributed by atoms with Gasteiger partial charge < -0.3 is 20.5 Å². The SMILES string of the molecule is CC(=O)C(C)(C)NC(CCC(=O)OCc1ccccc1)C(=O)C(C)(C)NC(C)(C)COC(C)(C)CCNC(=O)C1CCC(CN2C(=O)CC(SCCCC(N)=O)C2=O)CC1. The molecule has 1 heterocycles. The molecule has 0 aromatic heterocycles. The molecule has 5 N–H and O–H groups in total. The van der Waals surface area contributed by atoms with Gasteiger partial charge in [0.2, 0.25) is 23.6 Å². The average molecular weight is 858 g/mol. The van der Waals surface area contributed by atoms with Crippen LogP contribution in [0.5, 0.6) is 0 Å². The van der Waals surface area contributed by atoms with Gasteiger partial charge in [0.1, 0.15) is 12.4 Å². The third kappa shape index (κ3) is 16.7. The number of imide groups is 1. The van der Waals surface area contributed by atoms with Gasteiger partial charge in [-0.05, 0) is 124 Å². The van der Waals surface area contributed by atoms with Crippen LogP contribution >= 0.6 is 11.8 Å². The molecule has 1 aromatic carbocycles. The first-order valence-electron chi connectivity index (χ1n) is 21.4. The lowest BCUT2D eigenvalue weighted by Gasteiger charge is -2.40. The topological polar surface area (TPSA) is 203 Å². The fraction of sp³-hybridized carbons (Fsp3) is 0.711. The van der Waals surface area contributed by atoms with Gasteiger partial charge in [0.25, 0.3) is 0 Å². The number of carbonyl (C=O) groups excluding carboxylic acids is 7. The predicted octanol–water partition coefficient (Wildman–Crippen LogP) is 4.79. The lowest BCUT2D eigenvalue weighted by molar-refractivity contribution is -0.145. The summed E-state index contributed by atoms with van der Waals surface area (Å²) in [6.45, 7) is 17.5. The van der Waals surface area contributed by atoms with Gasteiger partial charge in [-0.2, -0.15) is 0 Å². The maximum atomic E-state index is 14.2. The van der Waals surface area contributed by atoms with E-state index in [0.29, 0.717) is 44.5 Å². The molecule has 2 atom stereocenters. The number of ketones is 2. The number of rotatable bonds is 26. The van der Waals surface area contributed by atoms with Crippen LogP contribution in [0.2, 0.25) is 0 Å². The van der Waals surface area contributed by atoms with Crippen LogP contribution < -0.4 is 21.7 Å². The summed E-state index contributed by atoms with van der Waals surface area (Å²) in [6.07, 6.45) is 4.61. The first-order chi connectivity index (χ1) is 27.9.